The molecule has 2 aliphatic rings. The highest BCUT2D eigenvalue weighted by atomic mass is 16.1. The molecule has 1 aromatic rings. The van der Waals surface area contributed by atoms with Gasteiger partial charge in [-0.1, -0.05) is 0 Å². The molecule has 2 atom stereocenters. The minimum absolute atomic E-state index is 0.128. The van der Waals surface area contributed by atoms with Crippen molar-refractivity contribution >= 4 is 17.3 Å². The highest BCUT2D eigenvalue weighted by molar-refractivity contribution is 6.00. The largest absolute Gasteiger partial charge is 0.398 e. The van der Waals surface area contributed by atoms with Gasteiger partial charge < -0.3 is 16.0 Å². The monoisotopic (exact) mass is 246 g/mol. The van der Waals surface area contributed by atoms with E-state index in [0.29, 0.717) is 23.3 Å². The zero-order chi connectivity index (χ0) is 12.9. The first kappa shape index (κ1) is 11.3. The van der Waals surface area contributed by atoms with Gasteiger partial charge in [0.25, 0.3) is 5.91 Å². The molecule has 1 amide bonds. The van der Waals surface area contributed by atoms with Gasteiger partial charge in [0.15, 0.2) is 0 Å². The van der Waals surface area contributed by atoms with Crippen molar-refractivity contribution in [2.45, 2.75) is 12.1 Å². The third-order valence-electron chi connectivity index (χ3n) is 4.11. The number of carbonyl (C=O) groups is 1. The number of nitrogen functional groups attached to an aromatic ring is 1. The highest BCUT2D eigenvalue weighted by Gasteiger charge is 2.49. The van der Waals surface area contributed by atoms with E-state index in [1.807, 2.05) is 18.2 Å². The number of anilines is 2. The molecule has 0 bridgehead atoms. The highest BCUT2D eigenvalue weighted by Crippen LogP contribution is 2.37. The van der Waals surface area contributed by atoms with Crippen molar-refractivity contribution in [2.75, 3.05) is 37.8 Å². The lowest BCUT2D eigenvalue weighted by Gasteiger charge is -2.62. The number of likely N-dealkylation sites (N-methyl/N-ethyl adjacent to an activating group) is 1. The maximum atomic E-state index is 11.7. The summed E-state index contributed by atoms with van der Waals surface area (Å²) >= 11 is 0. The molecule has 18 heavy (non-hydrogen) atoms. The average molecular weight is 246 g/mol. The Morgan fingerprint density at radius 1 is 1.39 bits per heavy atom. The van der Waals surface area contributed by atoms with E-state index in [4.69, 9.17) is 5.73 Å². The number of rotatable bonds is 2. The van der Waals surface area contributed by atoms with Gasteiger partial charge in [-0.05, 0) is 25.2 Å². The van der Waals surface area contributed by atoms with Gasteiger partial charge in [-0.15, -0.1) is 0 Å². The van der Waals surface area contributed by atoms with E-state index in [0.717, 1.165) is 18.8 Å². The first-order valence-electron chi connectivity index (χ1n) is 6.20. The van der Waals surface area contributed by atoms with Crippen LogP contribution in [0.4, 0.5) is 11.4 Å². The summed E-state index contributed by atoms with van der Waals surface area (Å²) in [7, 11) is 3.77. The molecule has 3 rings (SSSR count). The maximum Gasteiger partial charge on any atom is 0.253 e. The number of piperazine rings is 1. The van der Waals surface area contributed by atoms with Crippen LogP contribution in [-0.4, -0.2) is 50.1 Å². The molecule has 0 radical (unpaired) electrons. The van der Waals surface area contributed by atoms with E-state index in [9.17, 15) is 4.79 Å². The number of benzene rings is 1. The van der Waals surface area contributed by atoms with E-state index in [1.165, 1.54) is 0 Å². The molecule has 2 saturated heterocycles. The fraction of sp³-hybridized carbons (Fsp3) is 0.462. The number of likely N-dealkylation sites (tertiary alicyclic amines) is 1. The number of carbonyl (C=O) groups excluding carboxylic acids is 1. The second kappa shape index (κ2) is 3.88. The predicted molar refractivity (Wildman–Crippen MR) is 71.8 cm³/mol. The summed E-state index contributed by atoms with van der Waals surface area (Å²) in [4.78, 5) is 16.4. The zero-order valence-electron chi connectivity index (χ0n) is 10.7. The molecule has 3 N–H and O–H groups in total. The van der Waals surface area contributed by atoms with Crippen LogP contribution < -0.4 is 16.0 Å². The Bertz CT molecular complexity index is 502. The van der Waals surface area contributed by atoms with Gasteiger partial charge in [0.2, 0.25) is 0 Å². The molecule has 5 heteroatoms. The van der Waals surface area contributed by atoms with Crippen LogP contribution in [0.1, 0.15) is 10.4 Å². The molecule has 0 spiro atoms. The SMILES string of the molecule is CNC(=O)c1cc(N2C[C@@H]3C2CN3C)ccc1N. The topological polar surface area (TPSA) is 61.6 Å². The van der Waals surface area contributed by atoms with E-state index in [2.05, 4.69) is 22.2 Å². The summed E-state index contributed by atoms with van der Waals surface area (Å²) in [5, 5.41) is 2.62. The number of fused-ring (bicyclic) bond motifs is 1. The normalized spacial score (nSPS) is 26.0. The Kier molecular flexibility index (Phi) is 2.45. The minimum atomic E-state index is -0.128. The smallest absolute Gasteiger partial charge is 0.253 e. The standard InChI is InChI=1S/C13H18N4O/c1-15-13(18)9-5-8(3-4-10(9)14)17-7-11-12(17)6-16(11)2/h3-5,11-12H,6-7,14H2,1-2H3,(H,15,18)/t11-,12?/m1/s1. The average Bonchev–Trinajstić information content (AvgIpc) is 2.36. The molecule has 2 aliphatic heterocycles. The number of hydrogen-bond acceptors (Lipinski definition) is 4. The van der Waals surface area contributed by atoms with Crippen molar-refractivity contribution < 1.29 is 4.79 Å². The number of amides is 1. The Morgan fingerprint density at radius 2 is 2.17 bits per heavy atom. The number of nitrogens with one attached hydrogen (secondary N) is 1. The van der Waals surface area contributed by atoms with Crippen LogP contribution in [0.15, 0.2) is 18.2 Å². The van der Waals surface area contributed by atoms with Crippen LogP contribution >= 0.6 is 0 Å². The summed E-state index contributed by atoms with van der Waals surface area (Å²) in [5.41, 5.74) is 8.02. The first-order chi connectivity index (χ1) is 8.61. The Labute approximate surface area is 107 Å². The predicted octanol–water partition coefficient (Wildman–Crippen LogP) is 0.131. The molecule has 2 heterocycles. The van der Waals surface area contributed by atoms with Gasteiger partial charge in [-0.3, -0.25) is 9.69 Å². The quantitative estimate of drug-likeness (QED) is 0.728. The van der Waals surface area contributed by atoms with Crippen molar-refractivity contribution in [1.82, 2.24) is 10.2 Å². The summed E-state index contributed by atoms with van der Waals surface area (Å²) in [6.07, 6.45) is 0. The number of hydrogen-bond donors (Lipinski definition) is 2. The lowest BCUT2D eigenvalue weighted by atomic mass is 9.85. The minimum Gasteiger partial charge on any atom is -0.398 e. The summed E-state index contributed by atoms with van der Waals surface area (Å²) in [6, 6.07) is 7.00. The Balaban J connectivity index is 1.84. The summed E-state index contributed by atoms with van der Waals surface area (Å²) in [5.74, 6) is -0.128. The lowest BCUT2D eigenvalue weighted by molar-refractivity contribution is 0.0369. The van der Waals surface area contributed by atoms with Crippen LogP contribution in [0.5, 0.6) is 0 Å². The van der Waals surface area contributed by atoms with E-state index >= 15 is 0 Å². The molecule has 1 unspecified atom stereocenters. The molecule has 96 valence electrons. The zero-order valence-corrected chi connectivity index (χ0v) is 10.7. The van der Waals surface area contributed by atoms with Crippen molar-refractivity contribution in [2.24, 2.45) is 0 Å². The molecule has 2 fully saturated rings. The van der Waals surface area contributed by atoms with Gasteiger partial charge >= 0.3 is 0 Å². The molecule has 0 saturated carbocycles. The van der Waals surface area contributed by atoms with E-state index < -0.39 is 0 Å². The van der Waals surface area contributed by atoms with Crippen molar-refractivity contribution in [3.63, 3.8) is 0 Å². The molecular formula is C13H18N4O. The molecular weight excluding hydrogens is 228 g/mol. The van der Waals surface area contributed by atoms with Crippen LogP contribution in [-0.2, 0) is 0 Å². The van der Waals surface area contributed by atoms with Crippen molar-refractivity contribution in [3.8, 4) is 0 Å². The van der Waals surface area contributed by atoms with Gasteiger partial charge in [0, 0.05) is 37.6 Å². The summed E-state index contributed by atoms with van der Waals surface area (Å²) in [6.45, 7) is 2.14. The second-order valence-electron chi connectivity index (χ2n) is 5.08. The fourth-order valence-corrected chi connectivity index (χ4v) is 2.83. The van der Waals surface area contributed by atoms with Crippen LogP contribution in [0.2, 0.25) is 0 Å². The van der Waals surface area contributed by atoms with Crippen molar-refractivity contribution in [3.05, 3.63) is 23.8 Å². The fourth-order valence-electron chi connectivity index (χ4n) is 2.83. The molecule has 0 aliphatic carbocycles. The molecule has 1 aromatic carbocycles. The van der Waals surface area contributed by atoms with Gasteiger partial charge in [-0.25, -0.2) is 0 Å². The van der Waals surface area contributed by atoms with Crippen LogP contribution in [0, 0.1) is 0 Å². The second-order valence-corrected chi connectivity index (χ2v) is 5.08. The maximum absolute atomic E-state index is 11.7. The van der Waals surface area contributed by atoms with Crippen LogP contribution in [0.3, 0.4) is 0 Å². The number of nitrogens with two attached hydrogens (primary N) is 1. The van der Waals surface area contributed by atoms with Gasteiger partial charge in [0.1, 0.15) is 0 Å². The first-order valence-corrected chi connectivity index (χ1v) is 6.20. The Morgan fingerprint density at radius 3 is 2.72 bits per heavy atom. The summed E-state index contributed by atoms with van der Waals surface area (Å²) < 4.78 is 0. The third-order valence-corrected chi connectivity index (χ3v) is 4.11. The van der Waals surface area contributed by atoms with Crippen molar-refractivity contribution in [1.29, 1.82) is 0 Å². The van der Waals surface area contributed by atoms with E-state index in [1.54, 1.807) is 7.05 Å². The van der Waals surface area contributed by atoms with Gasteiger partial charge in [0.05, 0.1) is 11.6 Å². The van der Waals surface area contributed by atoms with Gasteiger partial charge in [-0.2, -0.15) is 0 Å². The molecule has 5 nitrogen and oxygen atoms in total. The molecule has 0 aromatic heterocycles. The third kappa shape index (κ3) is 1.47. The van der Waals surface area contributed by atoms with Crippen LogP contribution in [0.25, 0.3) is 0 Å². The lowest BCUT2D eigenvalue weighted by Crippen LogP contribution is -2.78. The number of nitrogens with zero attached hydrogens (tertiary/aromatic N) is 2. The Hall–Kier alpha value is -1.75. The van der Waals surface area contributed by atoms with E-state index in [-0.39, 0.29) is 5.91 Å².